The minimum atomic E-state index is -3.34. The Hall–Kier alpha value is -1.05. The van der Waals surface area contributed by atoms with Crippen LogP contribution in [-0.4, -0.2) is 44.8 Å². The number of ether oxygens (including phenoxy) is 1. The van der Waals surface area contributed by atoms with Gasteiger partial charge in [-0.3, -0.25) is 4.79 Å². The number of benzene rings is 1. The van der Waals surface area contributed by atoms with Crippen LogP contribution in [0.3, 0.4) is 0 Å². The molecule has 0 radical (unpaired) electrons. The van der Waals surface area contributed by atoms with Gasteiger partial charge in [-0.05, 0) is 43.4 Å². The molecule has 1 atom stereocenters. The summed E-state index contributed by atoms with van der Waals surface area (Å²) in [6, 6.07) is 6.28. The molecule has 0 bridgehead atoms. The van der Waals surface area contributed by atoms with Crippen LogP contribution < -0.4 is 5.32 Å². The Morgan fingerprint density at radius 2 is 2.10 bits per heavy atom. The molecule has 0 saturated carbocycles. The van der Waals surface area contributed by atoms with Crippen LogP contribution in [0.5, 0.6) is 0 Å². The van der Waals surface area contributed by atoms with Gasteiger partial charge in [0.1, 0.15) is 0 Å². The molecule has 0 spiro atoms. The number of sulfone groups is 1. The summed E-state index contributed by atoms with van der Waals surface area (Å²) in [5.41, 5.74) is 0.602. The quantitative estimate of drug-likeness (QED) is 0.863. The van der Waals surface area contributed by atoms with Gasteiger partial charge in [-0.15, -0.1) is 0 Å². The first kappa shape index (κ1) is 16.3. The molecule has 1 saturated heterocycles. The molecule has 1 aromatic rings. The number of nitrogens with one attached hydrogen (secondary N) is 1. The van der Waals surface area contributed by atoms with Gasteiger partial charge in [-0.2, -0.15) is 11.8 Å². The lowest BCUT2D eigenvalue weighted by molar-refractivity contribution is -0.113. The highest BCUT2D eigenvalue weighted by molar-refractivity contribution is 7.99. The fourth-order valence-electron chi connectivity index (χ4n) is 2.19. The fourth-order valence-corrected chi connectivity index (χ4v) is 4.02. The van der Waals surface area contributed by atoms with Crippen molar-refractivity contribution in [1.82, 2.24) is 0 Å². The summed E-state index contributed by atoms with van der Waals surface area (Å²) < 4.78 is 29.9. The number of thioether (sulfide) groups is 1. The molecule has 2 rings (SSSR count). The molecule has 0 aromatic heterocycles. The van der Waals surface area contributed by atoms with Gasteiger partial charge in [0.15, 0.2) is 9.84 Å². The molecule has 1 heterocycles. The van der Waals surface area contributed by atoms with Crippen LogP contribution >= 0.6 is 11.8 Å². The summed E-state index contributed by atoms with van der Waals surface area (Å²) in [5.74, 6) is 0.294. The van der Waals surface area contributed by atoms with Crippen LogP contribution in [0.1, 0.15) is 12.8 Å². The Morgan fingerprint density at radius 1 is 1.38 bits per heavy atom. The molecular weight excluding hydrogens is 310 g/mol. The zero-order valence-corrected chi connectivity index (χ0v) is 13.5. The summed E-state index contributed by atoms with van der Waals surface area (Å²) in [4.78, 5) is 11.7. The number of amides is 1. The smallest absolute Gasteiger partial charge is 0.234 e. The van der Waals surface area contributed by atoms with Crippen LogP contribution in [0, 0.1) is 0 Å². The third-order valence-electron chi connectivity index (χ3n) is 3.20. The molecule has 1 aromatic carbocycles. The zero-order chi connectivity index (χ0) is 15.3. The second kappa shape index (κ2) is 7.29. The highest BCUT2D eigenvalue weighted by Crippen LogP contribution is 2.20. The van der Waals surface area contributed by atoms with E-state index in [1.165, 1.54) is 23.9 Å². The SMILES string of the molecule is CSCC(=O)Nc1ccc(S(=O)(=O)CC2CCCO2)cc1. The number of hydrogen-bond donors (Lipinski definition) is 1. The Balaban J connectivity index is 2.01. The van der Waals surface area contributed by atoms with E-state index in [4.69, 9.17) is 4.74 Å². The fraction of sp³-hybridized carbons (Fsp3) is 0.500. The van der Waals surface area contributed by atoms with Crippen LogP contribution in [0.4, 0.5) is 5.69 Å². The largest absolute Gasteiger partial charge is 0.377 e. The molecule has 1 aliphatic rings. The van der Waals surface area contributed by atoms with E-state index in [0.717, 1.165) is 12.8 Å². The predicted molar refractivity (Wildman–Crippen MR) is 84.5 cm³/mol. The molecule has 116 valence electrons. The summed E-state index contributed by atoms with van der Waals surface area (Å²) in [5, 5.41) is 2.72. The summed E-state index contributed by atoms with van der Waals surface area (Å²) in [6.45, 7) is 0.639. The van der Waals surface area contributed by atoms with E-state index in [1.807, 2.05) is 6.26 Å². The van der Waals surface area contributed by atoms with Gasteiger partial charge < -0.3 is 10.1 Å². The second-order valence-corrected chi connectivity index (χ2v) is 7.82. The molecule has 1 N–H and O–H groups in total. The van der Waals surface area contributed by atoms with E-state index in [1.54, 1.807) is 12.1 Å². The van der Waals surface area contributed by atoms with Gasteiger partial charge in [0.25, 0.3) is 0 Å². The van der Waals surface area contributed by atoms with Crippen molar-refractivity contribution in [3.8, 4) is 0 Å². The number of carbonyl (C=O) groups excluding carboxylic acids is 1. The molecule has 1 aliphatic heterocycles. The van der Waals surface area contributed by atoms with E-state index in [2.05, 4.69) is 5.32 Å². The lowest BCUT2D eigenvalue weighted by Crippen LogP contribution is -2.20. The number of anilines is 1. The van der Waals surface area contributed by atoms with Gasteiger partial charge in [0, 0.05) is 12.3 Å². The highest BCUT2D eigenvalue weighted by Gasteiger charge is 2.24. The van der Waals surface area contributed by atoms with Crippen LogP contribution in [0.25, 0.3) is 0 Å². The van der Waals surface area contributed by atoms with Gasteiger partial charge in [0.2, 0.25) is 5.91 Å². The monoisotopic (exact) mass is 329 g/mol. The second-order valence-electron chi connectivity index (χ2n) is 4.92. The molecular formula is C14H19NO4S2. The van der Waals surface area contributed by atoms with Crippen molar-refractivity contribution < 1.29 is 17.9 Å². The maximum Gasteiger partial charge on any atom is 0.234 e. The highest BCUT2D eigenvalue weighted by atomic mass is 32.2. The van der Waals surface area contributed by atoms with Gasteiger partial charge in [-0.1, -0.05) is 0 Å². The van der Waals surface area contributed by atoms with Crippen molar-refractivity contribution in [3.63, 3.8) is 0 Å². The Morgan fingerprint density at radius 3 is 2.67 bits per heavy atom. The third kappa shape index (κ3) is 4.72. The Kier molecular flexibility index (Phi) is 5.66. The summed E-state index contributed by atoms with van der Waals surface area (Å²) in [7, 11) is -3.34. The first-order valence-corrected chi connectivity index (χ1v) is 9.79. The molecule has 1 unspecified atom stereocenters. The first-order chi connectivity index (χ1) is 10.0. The maximum atomic E-state index is 12.3. The van der Waals surface area contributed by atoms with E-state index in [-0.39, 0.29) is 22.7 Å². The molecule has 5 nitrogen and oxygen atoms in total. The van der Waals surface area contributed by atoms with Gasteiger partial charge >= 0.3 is 0 Å². The molecule has 0 aliphatic carbocycles. The third-order valence-corrected chi connectivity index (χ3v) is 5.55. The average molecular weight is 329 g/mol. The van der Waals surface area contributed by atoms with E-state index < -0.39 is 9.84 Å². The van der Waals surface area contributed by atoms with E-state index in [9.17, 15) is 13.2 Å². The van der Waals surface area contributed by atoms with Crippen molar-refractivity contribution in [2.45, 2.75) is 23.8 Å². The molecule has 1 fully saturated rings. The predicted octanol–water partition coefficient (Wildman–Crippen LogP) is 1.94. The lowest BCUT2D eigenvalue weighted by Gasteiger charge is -2.11. The Bertz CT molecular complexity index is 577. The van der Waals surface area contributed by atoms with Crippen molar-refractivity contribution in [2.75, 3.05) is 29.7 Å². The summed E-state index contributed by atoms with van der Waals surface area (Å²) >= 11 is 1.43. The van der Waals surface area contributed by atoms with E-state index in [0.29, 0.717) is 18.0 Å². The van der Waals surface area contributed by atoms with Crippen LogP contribution in [-0.2, 0) is 19.4 Å². The van der Waals surface area contributed by atoms with Crippen molar-refractivity contribution >= 4 is 33.2 Å². The number of rotatable bonds is 6. The average Bonchev–Trinajstić information content (AvgIpc) is 2.91. The number of hydrogen-bond acceptors (Lipinski definition) is 5. The van der Waals surface area contributed by atoms with Crippen molar-refractivity contribution in [1.29, 1.82) is 0 Å². The normalized spacial score (nSPS) is 18.6. The lowest BCUT2D eigenvalue weighted by atomic mass is 10.3. The molecule has 1 amide bonds. The molecule has 7 heteroatoms. The molecule has 21 heavy (non-hydrogen) atoms. The minimum Gasteiger partial charge on any atom is -0.377 e. The maximum absolute atomic E-state index is 12.3. The van der Waals surface area contributed by atoms with Crippen LogP contribution in [0.2, 0.25) is 0 Å². The van der Waals surface area contributed by atoms with Crippen molar-refractivity contribution in [2.24, 2.45) is 0 Å². The van der Waals surface area contributed by atoms with Crippen molar-refractivity contribution in [3.05, 3.63) is 24.3 Å². The van der Waals surface area contributed by atoms with Crippen LogP contribution in [0.15, 0.2) is 29.2 Å². The minimum absolute atomic E-state index is 0.0190. The number of carbonyl (C=O) groups is 1. The topological polar surface area (TPSA) is 72.5 Å². The van der Waals surface area contributed by atoms with E-state index >= 15 is 0 Å². The zero-order valence-electron chi connectivity index (χ0n) is 11.9. The standard InChI is InChI=1S/C14H19NO4S2/c1-20-9-14(16)15-11-4-6-13(7-5-11)21(17,18)10-12-3-2-8-19-12/h4-7,12H,2-3,8-10H2,1H3,(H,15,16). The Labute approximate surface area is 129 Å². The van der Waals surface area contributed by atoms with Gasteiger partial charge in [-0.25, -0.2) is 8.42 Å². The first-order valence-electron chi connectivity index (χ1n) is 6.74. The van der Waals surface area contributed by atoms with Gasteiger partial charge in [0.05, 0.1) is 22.5 Å². The summed E-state index contributed by atoms with van der Waals surface area (Å²) in [6.07, 6.45) is 3.36.